The number of Topliss-reactive ketones (excluding diaryl/α,β-unsaturated/α-hetero) is 1. The van der Waals surface area contributed by atoms with E-state index >= 15 is 0 Å². The monoisotopic (exact) mass is 388 g/mol. The van der Waals surface area contributed by atoms with Gasteiger partial charge in [0.1, 0.15) is 11.7 Å². The Hall–Kier alpha value is -3.74. The zero-order valence-electron chi connectivity index (χ0n) is 15.9. The van der Waals surface area contributed by atoms with Gasteiger partial charge in [-0.2, -0.15) is 0 Å². The number of carbonyl (C=O) groups is 3. The summed E-state index contributed by atoms with van der Waals surface area (Å²) in [5, 5.41) is 2.77. The second-order valence-corrected chi connectivity index (χ2v) is 6.95. The molecule has 4 rings (SSSR count). The van der Waals surface area contributed by atoms with E-state index in [1.807, 2.05) is 60.7 Å². The predicted molar refractivity (Wildman–Crippen MR) is 108 cm³/mol. The molecule has 0 aliphatic carbocycles. The molecule has 2 N–H and O–H groups in total. The molecule has 1 aliphatic rings. The van der Waals surface area contributed by atoms with Crippen molar-refractivity contribution in [1.82, 2.24) is 15.3 Å². The number of nitrogens with zero attached hydrogens (tertiary/aromatic N) is 2. The Labute approximate surface area is 167 Å². The van der Waals surface area contributed by atoms with Gasteiger partial charge in [-0.15, -0.1) is 0 Å². The summed E-state index contributed by atoms with van der Waals surface area (Å²) in [5.41, 5.74) is 1.97. The van der Waals surface area contributed by atoms with Crippen molar-refractivity contribution in [3.05, 3.63) is 83.3 Å². The van der Waals surface area contributed by atoms with Crippen molar-refractivity contribution in [2.24, 2.45) is 5.92 Å². The molecule has 0 bridgehead atoms. The van der Waals surface area contributed by atoms with Crippen LogP contribution in [0.1, 0.15) is 32.2 Å². The maximum absolute atomic E-state index is 12.9. The molecule has 7 heteroatoms. The minimum atomic E-state index is -0.849. The van der Waals surface area contributed by atoms with E-state index in [0.717, 1.165) is 11.1 Å². The van der Waals surface area contributed by atoms with Crippen LogP contribution in [0.15, 0.2) is 60.7 Å². The number of hydrogen-bond acceptors (Lipinski definition) is 4. The van der Waals surface area contributed by atoms with Crippen molar-refractivity contribution in [3.63, 3.8) is 0 Å². The molecule has 1 atom stereocenters. The zero-order chi connectivity index (χ0) is 20.4. The number of amides is 2. The summed E-state index contributed by atoms with van der Waals surface area (Å²) in [6, 6.07) is 18.8. The third-order valence-corrected chi connectivity index (χ3v) is 4.99. The molecule has 0 saturated carbocycles. The number of H-pyrrole nitrogens is 1. The molecule has 0 saturated heterocycles. The van der Waals surface area contributed by atoms with E-state index in [1.165, 1.54) is 4.90 Å². The largest absolute Gasteiger partial charge is 0.345 e. The SMILES string of the molecule is CN1C(=O)C(Cc2ccccc2)C(=O)c2nc(C(=O)NCc3ccccc3)[nH]c21. The highest BCUT2D eigenvalue weighted by Crippen LogP contribution is 2.29. The van der Waals surface area contributed by atoms with Gasteiger partial charge in [0.2, 0.25) is 5.91 Å². The molecule has 2 aromatic carbocycles. The molecule has 0 fully saturated rings. The minimum absolute atomic E-state index is 0.0132. The van der Waals surface area contributed by atoms with E-state index in [1.54, 1.807) is 7.05 Å². The van der Waals surface area contributed by atoms with Gasteiger partial charge in [-0.1, -0.05) is 60.7 Å². The summed E-state index contributed by atoms with van der Waals surface area (Å²) in [4.78, 5) is 46.6. The fourth-order valence-corrected chi connectivity index (χ4v) is 3.40. The van der Waals surface area contributed by atoms with Crippen LogP contribution in [0.2, 0.25) is 0 Å². The molecule has 1 unspecified atom stereocenters. The van der Waals surface area contributed by atoms with E-state index < -0.39 is 11.8 Å². The Morgan fingerprint density at radius 1 is 1.03 bits per heavy atom. The van der Waals surface area contributed by atoms with Crippen molar-refractivity contribution < 1.29 is 14.4 Å². The maximum Gasteiger partial charge on any atom is 0.287 e. The Morgan fingerprint density at radius 3 is 2.31 bits per heavy atom. The lowest BCUT2D eigenvalue weighted by Crippen LogP contribution is -2.43. The van der Waals surface area contributed by atoms with Crippen molar-refractivity contribution in [2.45, 2.75) is 13.0 Å². The van der Waals surface area contributed by atoms with Crippen LogP contribution in [0, 0.1) is 5.92 Å². The van der Waals surface area contributed by atoms with Crippen LogP contribution in [-0.4, -0.2) is 34.6 Å². The first-order valence-corrected chi connectivity index (χ1v) is 9.32. The Morgan fingerprint density at radius 2 is 1.66 bits per heavy atom. The summed E-state index contributed by atoms with van der Waals surface area (Å²) >= 11 is 0. The second-order valence-electron chi connectivity index (χ2n) is 6.95. The normalized spacial score (nSPS) is 15.9. The topological polar surface area (TPSA) is 95.2 Å². The average Bonchev–Trinajstić information content (AvgIpc) is 3.21. The summed E-state index contributed by atoms with van der Waals surface area (Å²) in [5.74, 6) is -1.69. The number of rotatable bonds is 5. The van der Waals surface area contributed by atoms with E-state index in [9.17, 15) is 14.4 Å². The highest BCUT2D eigenvalue weighted by Gasteiger charge is 2.41. The van der Waals surface area contributed by atoms with Crippen LogP contribution in [0.25, 0.3) is 0 Å². The number of ketones is 1. The van der Waals surface area contributed by atoms with Gasteiger partial charge in [0.15, 0.2) is 17.3 Å². The summed E-state index contributed by atoms with van der Waals surface area (Å²) < 4.78 is 0. The van der Waals surface area contributed by atoms with Gasteiger partial charge in [-0.25, -0.2) is 4.98 Å². The summed E-state index contributed by atoms with van der Waals surface area (Å²) in [7, 11) is 1.58. The molecule has 2 heterocycles. The van der Waals surface area contributed by atoms with E-state index in [4.69, 9.17) is 0 Å². The van der Waals surface area contributed by atoms with Gasteiger partial charge in [-0.05, 0) is 17.5 Å². The van der Waals surface area contributed by atoms with Crippen molar-refractivity contribution in [2.75, 3.05) is 11.9 Å². The third kappa shape index (κ3) is 3.67. The lowest BCUT2D eigenvalue weighted by Gasteiger charge is -2.27. The Balaban J connectivity index is 1.54. The first kappa shape index (κ1) is 18.6. The summed E-state index contributed by atoms with van der Waals surface area (Å²) in [6.07, 6.45) is 0.296. The average molecular weight is 388 g/mol. The van der Waals surface area contributed by atoms with Gasteiger partial charge in [0.25, 0.3) is 5.91 Å². The fraction of sp³-hybridized carbons (Fsp3) is 0.182. The van der Waals surface area contributed by atoms with Crippen LogP contribution >= 0.6 is 0 Å². The third-order valence-electron chi connectivity index (χ3n) is 4.99. The Kier molecular flexibility index (Phi) is 4.95. The molecular weight excluding hydrogens is 368 g/mol. The Bertz CT molecular complexity index is 1060. The number of carbonyl (C=O) groups excluding carboxylic acids is 3. The molecule has 3 aromatic rings. The molecular formula is C22H20N4O3. The molecule has 7 nitrogen and oxygen atoms in total. The van der Waals surface area contributed by atoms with Crippen LogP contribution in [0.4, 0.5) is 5.82 Å². The quantitative estimate of drug-likeness (QED) is 0.656. The fourth-order valence-electron chi connectivity index (χ4n) is 3.40. The number of aromatic amines is 1. The molecule has 2 amide bonds. The molecule has 0 spiro atoms. The first-order chi connectivity index (χ1) is 14.0. The first-order valence-electron chi connectivity index (χ1n) is 9.32. The molecule has 0 radical (unpaired) electrons. The lowest BCUT2D eigenvalue weighted by atomic mass is 9.90. The second kappa shape index (κ2) is 7.71. The van der Waals surface area contributed by atoms with E-state index in [2.05, 4.69) is 15.3 Å². The lowest BCUT2D eigenvalue weighted by molar-refractivity contribution is -0.121. The van der Waals surface area contributed by atoms with Gasteiger partial charge in [0.05, 0.1) is 0 Å². The van der Waals surface area contributed by atoms with Crippen LogP contribution in [-0.2, 0) is 17.8 Å². The van der Waals surface area contributed by atoms with Crippen molar-refractivity contribution in [3.8, 4) is 0 Å². The van der Waals surface area contributed by atoms with Crippen LogP contribution < -0.4 is 10.2 Å². The van der Waals surface area contributed by atoms with E-state index in [0.29, 0.717) is 13.0 Å². The predicted octanol–water partition coefficient (Wildman–Crippen LogP) is 2.36. The zero-order valence-corrected chi connectivity index (χ0v) is 15.9. The van der Waals surface area contributed by atoms with Crippen molar-refractivity contribution in [1.29, 1.82) is 0 Å². The smallest absolute Gasteiger partial charge is 0.287 e. The maximum atomic E-state index is 12.9. The van der Waals surface area contributed by atoms with Gasteiger partial charge in [0, 0.05) is 13.6 Å². The highest BCUT2D eigenvalue weighted by atomic mass is 16.2. The molecule has 146 valence electrons. The number of nitrogens with one attached hydrogen (secondary N) is 2. The number of fused-ring (bicyclic) bond motifs is 1. The van der Waals surface area contributed by atoms with Gasteiger partial charge < -0.3 is 10.3 Å². The highest BCUT2D eigenvalue weighted by molar-refractivity contribution is 6.20. The van der Waals surface area contributed by atoms with Gasteiger partial charge in [-0.3, -0.25) is 19.3 Å². The molecule has 29 heavy (non-hydrogen) atoms. The van der Waals surface area contributed by atoms with Crippen LogP contribution in [0.3, 0.4) is 0 Å². The number of benzene rings is 2. The van der Waals surface area contributed by atoms with E-state index in [-0.39, 0.29) is 29.0 Å². The van der Waals surface area contributed by atoms with Crippen LogP contribution in [0.5, 0.6) is 0 Å². The number of anilines is 1. The molecule has 1 aliphatic heterocycles. The van der Waals surface area contributed by atoms with Crippen molar-refractivity contribution >= 4 is 23.4 Å². The molecule has 1 aromatic heterocycles. The van der Waals surface area contributed by atoms with Gasteiger partial charge >= 0.3 is 0 Å². The number of imidazole rings is 1. The minimum Gasteiger partial charge on any atom is -0.345 e. The number of aromatic nitrogens is 2. The number of hydrogen-bond donors (Lipinski definition) is 2. The summed E-state index contributed by atoms with van der Waals surface area (Å²) in [6.45, 7) is 0.338. The standard InChI is InChI=1S/C22H20N4O3/c1-26-20-17(18(27)16(22(26)29)12-14-8-4-2-5-9-14)24-19(25-20)21(28)23-13-15-10-6-3-7-11-15/h2-11,16H,12-13H2,1H3,(H,23,28)(H,24,25).